The summed E-state index contributed by atoms with van der Waals surface area (Å²) >= 11 is 0. The highest BCUT2D eigenvalue weighted by Gasteiger charge is 2.23. The molecule has 0 aliphatic carbocycles. The standard InChI is InChI=1S/C22H22N4O2/c1-28-15-6-4-5-14(13-15)18-20-19(16-7-2-3-8-17(16)24-20)25-22(27)21(18)26-11-9-23-10-12-26/h2-8,13,23-24H,9-12H2,1H3,(H,25,27). The number of H-pyrrole nitrogens is 2. The number of hydrogen-bond donors (Lipinski definition) is 3. The molecule has 0 spiro atoms. The summed E-state index contributed by atoms with van der Waals surface area (Å²) < 4.78 is 5.44. The molecule has 3 heterocycles. The van der Waals surface area contributed by atoms with E-state index in [0.717, 1.165) is 65.0 Å². The number of benzene rings is 2. The van der Waals surface area contributed by atoms with E-state index in [1.165, 1.54) is 0 Å². The van der Waals surface area contributed by atoms with Crippen molar-refractivity contribution in [3.8, 4) is 16.9 Å². The molecule has 2 aromatic heterocycles. The molecule has 0 bridgehead atoms. The first kappa shape index (κ1) is 16.9. The first-order chi connectivity index (χ1) is 13.8. The SMILES string of the molecule is COc1cccc(-c2c(N3CCNCC3)c(=O)[nH]c3c2[nH]c2ccccc23)c1. The fourth-order valence-corrected chi connectivity index (χ4v) is 4.11. The number of pyridine rings is 1. The number of anilines is 1. The fraction of sp³-hybridized carbons (Fsp3) is 0.227. The maximum absolute atomic E-state index is 13.3. The molecule has 5 rings (SSSR count). The lowest BCUT2D eigenvalue weighted by atomic mass is 10.0. The molecule has 4 aromatic rings. The highest BCUT2D eigenvalue weighted by atomic mass is 16.5. The Morgan fingerprint density at radius 3 is 2.61 bits per heavy atom. The lowest BCUT2D eigenvalue weighted by Crippen LogP contribution is -2.45. The van der Waals surface area contributed by atoms with Gasteiger partial charge in [-0.1, -0.05) is 30.3 Å². The molecule has 0 radical (unpaired) electrons. The van der Waals surface area contributed by atoms with Gasteiger partial charge < -0.3 is 24.9 Å². The number of rotatable bonds is 3. The Bertz CT molecular complexity index is 1220. The maximum atomic E-state index is 13.3. The second-order valence-electron chi connectivity index (χ2n) is 7.07. The van der Waals surface area contributed by atoms with Gasteiger partial charge >= 0.3 is 0 Å². The zero-order valence-corrected chi connectivity index (χ0v) is 15.7. The normalized spacial score (nSPS) is 14.7. The Balaban J connectivity index is 1.88. The van der Waals surface area contributed by atoms with Crippen LogP contribution in [-0.4, -0.2) is 43.3 Å². The number of aromatic amines is 2. The van der Waals surface area contributed by atoms with Crippen LogP contribution in [0.2, 0.25) is 0 Å². The molecule has 0 saturated carbocycles. The molecule has 0 atom stereocenters. The van der Waals surface area contributed by atoms with Crippen molar-refractivity contribution in [2.45, 2.75) is 0 Å². The monoisotopic (exact) mass is 374 g/mol. The number of nitrogens with zero attached hydrogens (tertiary/aromatic N) is 1. The Hall–Kier alpha value is -3.25. The minimum Gasteiger partial charge on any atom is -0.497 e. The Kier molecular flexibility index (Phi) is 4.06. The molecule has 1 saturated heterocycles. The summed E-state index contributed by atoms with van der Waals surface area (Å²) in [5.74, 6) is 0.772. The summed E-state index contributed by atoms with van der Waals surface area (Å²) in [4.78, 5) is 22.1. The average Bonchev–Trinajstić information content (AvgIpc) is 3.11. The van der Waals surface area contributed by atoms with Gasteiger partial charge in [0.15, 0.2) is 0 Å². The molecule has 142 valence electrons. The number of para-hydroxylation sites is 1. The van der Waals surface area contributed by atoms with Gasteiger partial charge in [0.1, 0.15) is 11.4 Å². The van der Waals surface area contributed by atoms with Crippen LogP contribution in [0, 0.1) is 0 Å². The molecule has 6 nitrogen and oxygen atoms in total. The van der Waals surface area contributed by atoms with Crippen LogP contribution in [0.25, 0.3) is 33.1 Å². The van der Waals surface area contributed by atoms with Gasteiger partial charge in [0.25, 0.3) is 5.56 Å². The summed E-state index contributed by atoms with van der Waals surface area (Å²) in [6, 6.07) is 16.0. The van der Waals surface area contributed by atoms with Crippen molar-refractivity contribution >= 4 is 27.6 Å². The predicted molar refractivity (Wildman–Crippen MR) is 113 cm³/mol. The fourth-order valence-electron chi connectivity index (χ4n) is 4.11. The van der Waals surface area contributed by atoms with Gasteiger partial charge in [-0.25, -0.2) is 0 Å². The first-order valence-corrected chi connectivity index (χ1v) is 9.53. The molecule has 28 heavy (non-hydrogen) atoms. The molecular formula is C22H22N4O2. The van der Waals surface area contributed by atoms with E-state index in [-0.39, 0.29) is 5.56 Å². The Morgan fingerprint density at radius 2 is 1.79 bits per heavy atom. The number of hydrogen-bond acceptors (Lipinski definition) is 4. The van der Waals surface area contributed by atoms with Crippen LogP contribution in [-0.2, 0) is 0 Å². The molecule has 6 heteroatoms. The van der Waals surface area contributed by atoms with Crippen molar-refractivity contribution in [1.82, 2.24) is 15.3 Å². The number of nitrogens with one attached hydrogen (secondary N) is 3. The van der Waals surface area contributed by atoms with Crippen molar-refractivity contribution in [2.75, 3.05) is 38.2 Å². The number of fused-ring (bicyclic) bond motifs is 3. The van der Waals surface area contributed by atoms with Crippen LogP contribution in [0.5, 0.6) is 5.75 Å². The van der Waals surface area contributed by atoms with Gasteiger partial charge in [-0.15, -0.1) is 0 Å². The number of piperazine rings is 1. The van der Waals surface area contributed by atoms with E-state index in [0.29, 0.717) is 5.69 Å². The summed E-state index contributed by atoms with van der Waals surface area (Å²) in [6.45, 7) is 3.32. The quantitative estimate of drug-likeness (QED) is 0.515. The smallest absolute Gasteiger partial charge is 0.272 e. The third-order valence-electron chi connectivity index (χ3n) is 5.44. The van der Waals surface area contributed by atoms with Gasteiger partial charge in [-0.2, -0.15) is 0 Å². The molecule has 3 N–H and O–H groups in total. The third-order valence-corrected chi connectivity index (χ3v) is 5.44. The minimum absolute atomic E-state index is 0.0584. The molecular weight excluding hydrogens is 352 g/mol. The van der Waals surface area contributed by atoms with Crippen LogP contribution < -0.4 is 20.5 Å². The summed E-state index contributed by atoms with van der Waals surface area (Å²) in [5.41, 5.74) is 5.35. The largest absolute Gasteiger partial charge is 0.497 e. The van der Waals surface area contributed by atoms with Crippen molar-refractivity contribution in [3.63, 3.8) is 0 Å². The first-order valence-electron chi connectivity index (χ1n) is 9.53. The second kappa shape index (κ2) is 6.73. The summed E-state index contributed by atoms with van der Waals surface area (Å²) in [7, 11) is 1.66. The van der Waals surface area contributed by atoms with E-state index in [9.17, 15) is 4.79 Å². The van der Waals surface area contributed by atoms with Crippen molar-refractivity contribution in [2.24, 2.45) is 0 Å². The Morgan fingerprint density at radius 1 is 0.964 bits per heavy atom. The Labute approximate surface area is 162 Å². The lowest BCUT2D eigenvalue weighted by Gasteiger charge is -2.30. The highest BCUT2D eigenvalue weighted by molar-refractivity contribution is 6.12. The zero-order valence-electron chi connectivity index (χ0n) is 15.7. The van der Waals surface area contributed by atoms with Gasteiger partial charge in [0, 0.05) is 42.6 Å². The molecule has 1 aliphatic rings. The van der Waals surface area contributed by atoms with Crippen molar-refractivity contribution in [3.05, 3.63) is 58.9 Å². The summed E-state index contributed by atoms with van der Waals surface area (Å²) in [5, 5.41) is 4.38. The van der Waals surface area contributed by atoms with Crippen LogP contribution in [0.1, 0.15) is 0 Å². The number of methoxy groups -OCH3 is 1. The minimum atomic E-state index is -0.0584. The van der Waals surface area contributed by atoms with E-state index in [1.807, 2.05) is 48.5 Å². The van der Waals surface area contributed by atoms with Crippen molar-refractivity contribution < 1.29 is 4.74 Å². The van der Waals surface area contributed by atoms with Gasteiger partial charge in [0.05, 0.1) is 18.1 Å². The van der Waals surface area contributed by atoms with Crippen LogP contribution in [0.4, 0.5) is 5.69 Å². The number of ether oxygens (including phenoxy) is 1. The second-order valence-corrected chi connectivity index (χ2v) is 7.07. The van der Waals surface area contributed by atoms with Crippen LogP contribution in [0.15, 0.2) is 53.3 Å². The maximum Gasteiger partial charge on any atom is 0.272 e. The lowest BCUT2D eigenvalue weighted by molar-refractivity contribution is 0.415. The van der Waals surface area contributed by atoms with E-state index < -0.39 is 0 Å². The van der Waals surface area contributed by atoms with Crippen LogP contribution in [0.3, 0.4) is 0 Å². The van der Waals surface area contributed by atoms with Crippen LogP contribution >= 0.6 is 0 Å². The zero-order chi connectivity index (χ0) is 19.1. The van der Waals surface area contributed by atoms with Gasteiger partial charge in [-0.3, -0.25) is 4.79 Å². The summed E-state index contributed by atoms with van der Waals surface area (Å²) in [6.07, 6.45) is 0. The van der Waals surface area contributed by atoms with E-state index in [1.54, 1.807) is 7.11 Å². The average molecular weight is 374 g/mol. The van der Waals surface area contributed by atoms with Gasteiger partial charge in [0.2, 0.25) is 0 Å². The molecule has 1 fully saturated rings. The third kappa shape index (κ3) is 2.65. The molecule has 1 aliphatic heterocycles. The molecule has 0 amide bonds. The number of aromatic nitrogens is 2. The van der Waals surface area contributed by atoms with E-state index in [2.05, 4.69) is 20.2 Å². The predicted octanol–water partition coefficient (Wildman–Crippen LogP) is 3.09. The molecule has 0 unspecified atom stereocenters. The highest BCUT2D eigenvalue weighted by Crippen LogP contribution is 2.37. The van der Waals surface area contributed by atoms with Gasteiger partial charge in [-0.05, 0) is 23.8 Å². The topological polar surface area (TPSA) is 73.2 Å². The van der Waals surface area contributed by atoms with Crippen molar-refractivity contribution in [1.29, 1.82) is 0 Å². The van der Waals surface area contributed by atoms with E-state index in [4.69, 9.17) is 4.74 Å². The van der Waals surface area contributed by atoms with E-state index >= 15 is 0 Å². The molecule has 2 aromatic carbocycles.